The minimum Gasteiger partial charge on any atom is -0.207 e. The standard InChI is InChI=1S/C37H43F2N2Si/c1-23(2)31-19-32(25(4)30-11-9-26(21-40)18-33(30)31)35-20-34(36(22-41(35)5)42(6,7)8)29-12-10-28(17-24(29)3)27-13-15-37(38,39)16-14-27/h9-12,17-20,22-23,27H,13-16H2,1-8H3/q+1/i3D3,23D,27D. The number of aromatic nitrogens is 1. The fraction of sp³-hybridized carbons (Fsp3) is 0.405. The molecule has 2 nitrogen and oxygen atoms in total. The zero-order chi connectivity index (χ0) is 34.9. The molecule has 1 saturated carbocycles. The van der Waals surface area contributed by atoms with Crippen LogP contribution in [0.2, 0.25) is 19.6 Å². The van der Waals surface area contributed by atoms with Crippen molar-refractivity contribution in [2.75, 3.05) is 0 Å². The Kier molecular flexibility index (Phi) is 6.34. The molecule has 1 aromatic heterocycles. The van der Waals surface area contributed by atoms with E-state index in [9.17, 15) is 14.0 Å². The first-order valence-electron chi connectivity index (χ1n) is 17.1. The van der Waals surface area contributed by atoms with E-state index in [0.29, 0.717) is 16.7 Å². The van der Waals surface area contributed by atoms with Crippen LogP contribution < -0.4 is 9.75 Å². The number of halogens is 2. The van der Waals surface area contributed by atoms with Gasteiger partial charge in [-0.1, -0.05) is 57.8 Å². The summed E-state index contributed by atoms with van der Waals surface area (Å²) < 4.78 is 73.9. The average molecular weight is 587 g/mol. The predicted molar refractivity (Wildman–Crippen MR) is 173 cm³/mol. The lowest BCUT2D eigenvalue weighted by Crippen LogP contribution is -2.46. The smallest absolute Gasteiger partial charge is 0.207 e. The highest BCUT2D eigenvalue weighted by molar-refractivity contribution is 6.89. The Morgan fingerprint density at radius 3 is 2.36 bits per heavy atom. The van der Waals surface area contributed by atoms with Gasteiger partial charge in [-0.3, -0.25) is 0 Å². The lowest BCUT2D eigenvalue weighted by Gasteiger charge is -2.29. The summed E-state index contributed by atoms with van der Waals surface area (Å²) in [6.45, 7) is 9.82. The van der Waals surface area contributed by atoms with Gasteiger partial charge in [-0.05, 0) is 101 Å². The molecule has 1 fully saturated rings. The van der Waals surface area contributed by atoms with E-state index in [0.717, 1.165) is 43.9 Å². The number of aryl methyl sites for hydroxylation is 3. The number of fused-ring (bicyclic) bond motifs is 1. The summed E-state index contributed by atoms with van der Waals surface area (Å²) in [5.74, 6) is -5.04. The number of rotatable bonds is 5. The number of nitriles is 1. The molecule has 1 aliphatic carbocycles. The average Bonchev–Trinajstić information content (AvgIpc) is 2.97. The van der Waals surface area contributed by atoms with E-state index in [1.54, 1.807) is 24.3 Å². The van der Waals surface area contributed by atoms with Crippen LogP contribution in [0.4, 0.5) is 8.78 Å². The van der Waals surface area contributed by atoms with Gasteiger partial charge in [-0.2, -0.15) is 5.26 Å². The summed E-state index contributed by atoms with van der Waals surface area (Å²) >= 11 is 0. The van der Waals surface area contributed by atoms with E-state index < -0.39 is 32.6 Å². The van der Waals surface area contributed by atoms with Crippen molar-refractivity contribution in [3.05, 3.63) is 82.5 Å². The molecule has 0 amide bonds. The number of hydrogen-bond donors (Lipinski definition) is 0. The van der Waals surface area contributed by atoms with Crippen molar-refractivity contribution in [3.8, 4) is 28.5 Å². The van der Waals surface area contributed by atoms with Crippen LogP contribution >= 0.6 is 0 Å². The van der Waals surface area contributed by atoms with Crippen molar-refractivity contribution >= 4 is 24.0 Å². The van der Waals surface area contributed by atoms with Crippen molar-refractivity contribution in [1.82, 2.24) is 0 Å². The molecule has 218 valence electrons. The van der Waals surface area contributed by atoms with Gasteiger partial charge in [-0.25, -0.2) is 13.3 Å². The molecule has 5 rings (SSSR count). The Hall–Kier alpha value is -3.36. The molecule has 0 radical (unpaired) electrons. The second-order valence-electron chi connectivity index (χ2n) is 13.0. The summed E-state index contributed by atoms with van der Waals surface area (Å²) in [6, 6.07) is 16.9. The number of nitrogens with zero attached hydrogens (tertiary/aromatic N) is 2. The second-order valence-corrected chi connectivity index (χ2v) is 18.1. The van der Waals surface area contributed by atoms with Crippen molar-refractivity contribution in [3.63, 3.8) is 0 Å². The van der Waals surface area contributed by atoms with Crippen LogP contribution in [0.5, 0.6) is 0 Å². The highest BCUT2D eigenvalue weighted by Crippen LogP contribution is 2.42. The van der Waals surface area contributed by atoms with Gasteiger partial charge < -0.3 is 0 Å². The first kappa shape index (κ1) is 24.1. The maximum Gasteiger partial charge on any atom is 0.248 e. The molecule has 0 bridgehead atoms. The molecule has 42 heavy (non-hydrogen) atoms. The normalized spacial score (nSPS) is 18.8. The van der Waals surface area contributed by atoms with E-state index in [4.69, 9.17) is 6.85 Å². The summed E-state index contributed by atoms with van der Waals surface area (Å²) in [7, 11) is -0.0895. The van der Waals surface area contributed by atoms with Gasteiger partial charge in [0.2, 0.25) is 11.6 Å². The lowest BCUT2D eigenvalue weighted by atomic mass is 9.81. The highest BCUT2D eigenvalue weighted by Gasteiger charge is 2.35. The van der Waals surface area contributed by atoms with Gasteiger partial charge in [-0.15, -0.1) is 0 Å². The Balaban J connectivity index is 1.80. The summed E-state index contributed by atoms with van der Waals surface area (Å²) in [5.41, 5.74) is 5.98. The lowest BCUT2D eigenvalue weighted by molar-refractivity contribution is -0.659. The van der Waals surface area contributed by atoms with Gasteiger partial charge >= 0.3 is 0 Å². The Bertz CT molecular complexity index is 1920. The summed E-state index contributed by atoms with van der Waals surface area (Å²) in [5, 5.41) is 12.5. The molecule has 0 unspecified atom stereocenters. The van der Waals surface area contributed by atoms with Crippen LogP contribution in [0.1, 0.15) is 86.0 Å². The highest BCUT2D eigenvalue weighted by atomic mass is 28.3. The fourth-order valence-electron chi connectivity index (χ4n) is 6.26. The van der Waals surface area contributed by atoms with Crippen molar-refractivity contribution < 1.29 is 20.2 Å². The maximum atomic E-state index is 14.0. The van der Waals surface area contributed by atoms with Crippen molar-refractivity contribution in [2.45, 2.75) is 90.7 Å². The van der Waals surface area contributed by atoms with Gasteiger partial charge in [0.15, 0.2) is 6.20 Å². The van der Waals surface area contributed by atoms with E-state index in [-0.39, 0.29) is 31.2 Å². The van der Waals surface area contributed by atoms with Crippen LogP contribution in [-0.4, -0.2) is 14.0 Å². The molecular formula is C37H43F2N2Si+. The summed E-state index contributed by atoms with van der Waals surface area (Å²) in [6.07, 6.45) is 1.25. The quantitative estimate of drug-likeness (QED) is 0.169. The molecule has 0 N–H and O–H groups in total. The number of pyridine rings is 1. The minimum atomic E-state index is -2.80. The summed E-state index contributed by atoms with van der Waals surface area (Å²) in [4.78, 5) is 0. The Morgan fingerprint density at radius 2 is 1.74 bits per heavy atom. The van der Waals surface area contributed by atoms with Crippen LogP contribution in [0.3, 0.4) is 0 Å². The molecule has 5 heteroatoms. The van der Waals surface area contributed by atoms with Crippen molar-refractivity contribution in [1.29, 1.82) is 5.26 Å². The van der Waals surface area contributed by atoms with Gasteiger partial charge in [0, 0.05) is 36.5 Å². The Morgan fingerprint density at radius 1 is 1.02 bits per heavy atom. The molecular weight excluding hydrogens is 539 g/mol. The monoisotopic (exact) mass is 586 g/mol. The van der Waals surface area contributed by atoms with Crippen LogP contribution in [0.15, 0.2) is 54.7 Å². The number of benzene rings is 3. The zero-order valence-electron chi connectivity index (χ0n) is 30.7. The molecule has 3 aromatic carbocycles. The van der Waals surface area contributed by atoms with Crippen LogP contribution in [0.25, 0.3) is 33.2 Å². The van der Waals surface area contributed by atoms with Gasteiger partial charge in [0.25, 0.3) is 0 Å². The van der Waals surface area contributed by atoms with Gasteiger partial charge in [0.05, 0.1) is 19.7 Å². The molecule has 0 aliphatic heterocycles. The first-order chi connectivity index (χ1) is 21.6. The van der Waals surface area contributed by atoms with Gasteiger partial charge in [0.1, 0.15) is 7.05 Å². The van der Waals surface area contributed by atoms with E-state index in [1.165, 1.54) is 0 Å². The van der Waals surface area contributed by atoms with E-state index >= 15 is 0 Å². The van der Waals surface area contributed by atoms with E-state index in [2.05, 4.69) is 36.5 Å². The largest absolute Gasteiger partial charge is 0.248 e. The third-order valence-electron chi connectivity index (χ3n) is 8.74. The molecule has 0 spiro atoms. The molecule has 4 aromatic rings. The fourth-order valence-corrected chi connectivity index (χ4v) is 7.86. The van der Waals surface area contributed by atoms with Crippen molar-refractivity contribution in [2.24, 2.45) is 7.05 Å². The number of alkyl halides is 2. The van der Waals surface area contributed by atoms with Crippen LogP contribution in [-0.2, 0) is 7.05 Å². The van der Waals surface area contributed by atoms with E-state index in [1.807, 2.05) is 52.1 Å². The Labute approximate surface area is 258 Å². The predicted octanol–water partition coefficient (Wildman–Crippen LogP) is 9.45. The SMILES string of the molecule is [2H]C([2H])([2H])c1cc(C2([2H])CCC(F)(F)CC2)ccc1-c1cc(-c2cc(C([2H])(C)C)c3cc(C#N)ccc3c2C)[n+](C)cc1[Si](C)(C)C. The third kappa shape index (κ3) is 5.66. The molecule has 1 aliphatic rings. The minimum absolute atomic E-state index is 0.0307. The molecule has 1 heterocycles. The topological polar surface area (TPSA) is 27.7 Å². The molecule has 0 saturated heterocycles. The maximum absolute atomic E-state index is 14.0. The zero-order valence-corrected chi connectivity index (χ0v) is 26.7. The molecule has 0 atom stereocenters. The first-order valence-corrected chi connectivity index (χ1v) is 18.1. The number of hydrogen-bond acceptors (Lipinski definition) is 1. The van der Waals surface area contributed by atoms with Crippen LogP contribution in [0, 0.1) is 25.1 Å². The second kappa shape index (κ2) is 11.0. The third-order valence-corrected chi connectivity index (χ3v) is 10.7.